The molecule has 37 heavy (non-hydrogen) atoms. The van der Waals surface area contributed by atoms with Gasteiger partial charge in [-0.15, -0.1) is 0 Å². The fourth-order valence-electron chi connectivity index (χ4n) is 3.58. The van der Waals surface area contributed by atoms with E-state index in [1.807, 2.05) is 19.9 Å². The number of rotatable bonds is 9. The van der Waals surface area contributed by atoms with Crippen LogP contribution in [0.4, 0.5) is 11.6 Å². The number of benzene rings is 2. The lowest BCUT2D eigenvalue weighted by Crippen LogP contribution is -2.28. The Morgan fingerprint density at radius 2 is 1.78 bits per heavy atom. The lowest BCUT2D eigenvalue weighted by molar-refractivity contribution is -0.115. The Balaban J connectivity index is 1.49. The van der Waals surface area contributed by atoms with Gasteiger partial charge in [0, 0.05) is 24.1 Å². The average Bonchev–Trinajstić information content (AvgIpc) is 2.87. The van der Waals surface area contributed by atoms with Gasteiger partial charge in [0.05, 0.1) is 21.0 Å². The van der Waals surface area contributed by atoms with Gasteiger partial charge in [0.15, 0.2) is 5.16 Å². The molecule has 0 aliphatic carbocycles. The molecule has 0 radical (unpaired) electrons. The monoisotopic (exact) mass is 538 g/mol. The third-order valence-electron chi connectivity index (χ3n) is 5.51. The molecular weight excluding hydrogens is 512 g/mol. The van der Waals surface area contributed by atoms with E-state index in [-0.39, 0.29) is 22.3 Å². The number of nitrogens with zero attached hydrogens (tertiary/aromatic N) is 4. The highest BCUT2D eigenvalue weighted by Crippen LogP contribution is 2.26. The number of hydrogen-bond acceptors (Lipinski definition) is 8. The van der Waals surface area contributed by atoms with Gasteiger partial charge in [-0.2, -0.15) is 0 Å². The van der Waals surface area contributed by atoms with Gasteiger partial charge < -0.3 is 5.32 Å². The molecule has 2 heterocycles. The lowest BCUT2D eigenvalue weighted by atomic mass is 10.2. The normalized spacial score (nSPS) is 12.3. The van der Waals surface area contributed by atoms with Crippen LogP contribution in [0.1, 0.15) is 26.0 Å². The first-order valence-electron chi connectivity index (χ1n) is 11.6. The van der Waals surface area contributed by atoms with Crippen LogP contribution < -0.4 is 15.6 Å². The Hall–Kier alpha value is -3.77. The zero-order valence-corrected chi connectivity index (χ0v) is 22.1. The minimum absolute atomic E-state index is 0.00403. The number of para-hydroxylation sites is 1. The second kappa shape index (κ2) is 11.1. The molecule has 0 saturated heterocycles. The van der Waals surface area contributed by atoms with Crippen LogP contribution in [-0.2, 0) is 21.4 Å². The molecule has 0 spiro atoms. The molecule has 0 fully saturated rings. The van der Waals surface area contributed by atoms with Crippen molar-refractivity contribution in [1.82, 2.24) is 19.5 Å². The first-order valence-corrected chi connectivity index (χ1v) is 14.0. The molecular formula is C25H26N6O4S2. The van der Waals surface area contributed by atoms with Crippen LogP contribution in [0.2, 0.25) is 0 Å². The van der Waals surface area contributed by atoms with E-state index in [4.69, 9.17) is 0 Å². The zero-order valence-electron chi connectivity index (χ0n) is 20.5. The molecule has 4 rings (SSSR count). The lowest BCUT2D eigenvalue weighted by Gasteiger charge is -2.17. The van der Waals surface area contributed by atoms with Gasteiger partial charge >= 0.3 is 0 Å². The molecule has 1 amide bonds. The maximum Gasteiger partial charge on any atom is 0.264 e. The van der Waals surface area contributed by atoms with Gasteiger partial charge in [-0.05, 0) is 62.7 Å². The number of hydrogen-bond donors (Lipinski definition) is 2. The van der Waals surface area contributed by atoms with Crippen molar-refractivity contribution in [1.29, 1.82) is 0 Å². The fraction of sp³-hybridized carbons (Fsp3) is 0.240. The Kier molecular flexibility index (Phi) is 7.89. The summed E-state index contributed by atoms with van der Waals surface area (Å²) in [4.78, 5) is 38.6. The summed E-state index contributed by atoms with van der Waals surface area (Å²) < 4.78 is 29.2. The minimum atomic E-state index is -3.90. The van der Waals surface area contributed by atoms with E-state index in [1.54, 1.807) is 35.8 Å². The topological polar surface area (TPSA) is 136 Å². The highest BCUT2D eigenvalue weighted by atomic mass is 32.2. The van der Waals surface area contributed by atoms with Gasteiger partial charge in [0.1, 0.15) is 0 Å². The standard InChI is InChI=1S/C25H26N6O4S2/c1-4-21(36-25-29-20-9-7-6-8-19(20)23(33)31(25)5-2)22(32)28-17-10-12-18(13-11-17)37(34,35)30-24-26-15-14-16(3)27-24/h6-15,21H,4-5H2,1-3H3,(H,28,32)(H,26,27,30). The number of carbonyl (C=O) groups excluding carboxylic acids is 1. The van der Waals surface area contributed by atoms with Crippen molar-refractivity contribution in [2.45, 2.75) is 49.0 Å². The molecule has 12 heteroatoms. The Labute approximate surface area is 218 Å². The number of aromatic nitrogens is 4. The number of amides is 1. The van der Waals surface area contributed by atoms with Crippen molar-refractivity contribution >= 4 is 50.2 Å². The number of nitrogens with one attached hydrogen (secondary N) is 2. The van der Waals surface area contributed by atoms with Gasteiger partial charge in [0.25, 0.3) is 15.6 Å². The minimum Gasteiger partial charge on any atom is -0.325 e. The van der Waals surface area contributed by atoms with Crippen LogP contribution in [0.3, 0.4) is 0 Å². The van der Waals surface area contributed by atoms with Gasteiger partial charge in [-0.3, -0.25) is 14.2 Å². The van der Waals surface area contributed by atoms with Gasteiger partial charge in [0.2, 0.25) is 11.9 Å². The number of aryl methyl sites for hydroxylation is 1. The van der Waals surface area contributed by atoms with E-state index in [0.717, 1.165) is 0 Å². The van der Waals surface area contributed by atoms with E-state index < -0.39 is 15.3 Å². The van der Waals surface area contributed by atoms with Crippen molar-refractivity contribution in [2.75, 3.05) is 10.0 Å². The van der Waals surface area contributed by atoms with Crippen molar-refractivity contribution in [3.05, 3.63) is 76.8 Å². The molecule has 0 bridgehead atoms. The Morgan fingerprint density at radius 1 is 1.05 bits per heavy atom. The second-order valence-corrected chi connectivity index (χ2v) is 11.0. The third kappa shape index (κ3) is 5.97. The summed E-state index contributed by atoms with van der Waals surface area (Å²) in [5, 5.41) is 3.31. The molecule has 192 valence electrons. The van der Waals surface area contributed by atoms with Crippen molar-refractivity contribution in [3.63, 3.8) is 0 Å². The largest absolute Gasteiger partial charge is 0.325 e. The first-order chi connectivity index (χ1) is 17.7. The molecule has 2 aromatic heterocycles. The van der Waals surface area contributed by atoms with Gasteiger partial charge in [-0.1, -0.05) is 30.8 Å². The Bertz CT molecular complexity index is 1600. The van der Waals surface area contributed by atoms with Gasteiger partial charge in [-0.25, -0.2) is 28.1 Å². The van der Waals surface area contributed by atoms with Crippen molar-refractivity contribution in [2.24, 2.45) is 0 Å². The van der Waals surface area contributed by atoms with E-state index >= 15 is 0 Å². The van der Waals surface area contributed by atoms with E-state index in [1.165, 1.54) is 42.2 Å². The fourth-order valence-corrected chi connectivity index (χ4v) is 5.61. The number of carbonyl (C=O) groups is 1. The van der Waals surface area contributed by atoms with E-state index in [0.29, 0.717) is 40.4 Å². The molecule has 1 atom stereocenters. The van der Waals surface area contributed by atoms with Crippen LogP contribution >= 0.6 is 11.8 Å². The third-order valence-corrected chi connectivity index (χ3v) is 8.20. The van der Waals surface area contributed by atoms with E-state index in [9.17, 15) is 18.0 Å². The molecule has 2 N–H and O–H groups in total. The molecule has 0 aliphatic heterocycles. The summed E-state index contributed by atoms with van der Waals surface area (Å²) in [6.07, 6.45) is 1.96. The molecule has 4 aromatic rings. The summed E-state index contributed by atoms with van der Waals surface area (Å²) >= 11 is 1.23. The highest BCUT2D eigenvalue weighted by molar-refractivity contribution is 8.00. The summed E-state index contributed by atoms with van der Waals surface area (Å²) in [5.41, 5.74) is 1.50. The highest BCUT2D eigenvalue weighted by Gasteiger charge is 2.22. The second-order valence-electron chi connectivity index (χ2n) is 8.12. The number of thioether (sulfide) groups is 1. The van der Waals surface area contributed by atoms with Crippen molar-refractivity contribution in [3.8, 4) is 0 Å². The summed E-state index contributed by atoms with van der Waals surface area (Å²) in [6, 6.07) is 14.6. The molecule has 10 nitrogen and oxygen atoms in total. The summed E-state index contributed by atoms with van der Waals surface area (Å²) in [7, 11) is -3.90. The van der Waals surface area contributed by atoms with Crippen LogP contribution in [-0.4, -0.2) is 39.1 Å². The molecule has 0 aliphatic rings. The predicted octanol–water partition coefficient (Wildman–Crippen LogP) is 3.83. The summed E-state index contributed by atoms with van der Waals surface area (Å²) in [6.45, 7) is 5.89. The first kappa shape index (κ1) is 26.3. The van der Waals surface area contributed by atoms with Crippen molar-refractivity contribution < 1.29 is 13.2 Å². The molecule has 0 saturated carbocycles. The van der Waals surface area contributed by atoms with Crippen LogP contribution in [0, 0.1) is 6.92 Å². The Morgan fingerprint density at radius 3 is 2.46 bits per heavy atom. The van der Waals surface area contributed by atoms with E-state index in [2.05, 4.69) is 25.0 Å². The van der Waals surface area contributed by atoms with Crippen LogP contribution in [0.5, 0.6) is 0 Å². The quantitative estimate of drug-likeness (QED) is 0.242. The SMILES string of the molecule is CCC(Sc1nc2ccccc2c(=O)n1CC)C(=O)Nc1ccc(S(=O)(=O)Nc2nccc(C)n2)cc1. The number of fused-ring (bicyclic) bond motifs is 1. The number of sulfonamides is 1. The summed E-state index contributed by atoms with van der Waals surface area (Å²) in [5.74, 6) is -0.299. The van der Waals surface area contributed by atoms with Crippen LogP contribution in [0.25, 0.3) is 10.9 Å². The number of anilines is 2. The van der Waals surface area contributed by atoms with Crippen LogP contribution in [0.15, 0.2) is 75.6 Å². The zero-order chi connectivity index (χ0) is 26.6. The average molecular weight is 539 g/mol. The smallest absolute Gasteiger partial charge is 0.264 e. The predicted molar refractivity (Wildman–Crippen MR) is 144 cm³/mol. The molecule has 1 unspecified atom stereocenters. The molecule has 2 aromatic carbocycles. The maximum atomic E-state index is 13.1. The maximum absolute atomic E-state index is 13.1.